The van der Waals surface area contributed by atoms with E-state index in [4.69, 9.17) is 4.74 Å². The third-order valence-electron chi connectivity index (χ3n) is 3.66. The Bertz CT molecular complexity index is 746. The molecule has 2 aromatic rings. The van der Waals surface area contributed by atoms with E-state index in [1.807, 2.05) is 0 Å². The van der Waals surface area contributed by atoms with Crippen molar-refractivity contribution in [1.82, 2.24) is 10.3 Å². The molecule has 0 bridgehead atoms. The van der Waals surface area contributed by atoms with Gasteiger partial charge in [-0.15, -0.1) is 0 Å². The quantitative estimate of drug-likeness (QED) is 0.874. The topological polar surface area (TPSA) is 51.2 Å². The maximum absolute atomic E-state index is 13.0. The van der Waals surface area contributed by atoms with Gasteiger partial charge in [-0.25, -0.2) is 4.39 Å². The van der Waals surface area contributed by atoms with Crippen molar-refractivity contribution in [3.8, 4) is 0 Å². The summed E-state index contributed by atoms with van der Waals surface area (Å²) >= 11 is 0. The molecule has 2 heterocycles. The Hall–Kier alpha value is -2.48. The predicted molar refractivity (Wildman–Crippen MR) is 75.6 cm³/mol. The number of carbonyl (C=O) groups excluding carboxylic acids is 1. The van der Waals surface area contributed by atoms with Gasteiger partial charge in [0.15, 0.2) is 0 Å². The van der Waals surface area contributed by atoms with Crippen molar-refractivity contribution in [1.29, 1.82) is 0 Å². The van der Waals surface area contributed by atoms with Gasteiger partial charge in [-0.2, -0.15) is 13.2 Å². The predicted octanol–water partition coefficient (Wildman–Crippen LogP) is 3.11. The van der Waals surface area contributed by atoms with Crippen LogP contribution < -0.4 is 5.32 Å². The van der Waals surface area contributed by atoms with Crippen molar-refractivity contribution in [2.45, 2.75) is 18.3 Å². The van der Waals surface area contributed by atoms with Crippen LogP contribution in [-0.4, -0.2) is 23.5 Å². The summed E-state index contributed by atoms with van der Waals surface area (Å²) in [6.07, 6.45) is -4.23. The van der Waals surface area contributed by atoms with Crippen LogP contribution in [0.15, 0.2) is 42.6 Å². The van der Waals surface area contributed by atoms with Crippen molar-refractivity contribution in [3.63, 3.8) is 0 Å². The minimum absolute atomic E-state index is 0.143. The van der Waals surface area contributed by atoms with Crippen LogP contribution in [0.5, 0.6) is 0 Å². The van der Waals surface area contributed by atoms with Crippen molar-refractivity contribution in [2.75, 3.05) is 6.61 Å². The van der Waals surface area contributed by atoms with Crippen molar-refractivity contribution in [2.24, 2.45) is 0 Å². The molecule has 1 fully saturated rings. The molecule has 1 N–H and O–H groups in total. The number of rotatable bonds is 3. The fraction of sp³-hybridized carbons (Fsp3) is 0.250. The second-order valence-electron chi connectivity index (χ2n) is 5.28. The maximum atomic E-state index is 13.0. The molecule has 2 atom stereocenters. The Labute approximate surface area is 134 Å². The number of ether oxygens (including phenoxy) is 1. The molecule has 0 aliphatic carbocycles. The molecule has 0 spiro atoms. The number of hydrogen-bond acceptors (Lipinski definition) is 3. The van der Waals surface area contributed by atoms with Crippen LogP contribution in [0.2, 0.25) is 0 Å². The molecule has 0 saturated carbocycles. The molecule has 0 radical (unpaired) electrons. The Balaban J connectivity index is 1.75. The number of pyridine rings is 1. The standard InChI is InChI=1S/C16H12F4N2O2/c17-9-5-6-12(21-7-9)14-13(8-24-14)22-15(23)10-3-1-2-4-11(10)16(18,19)20/h1-7,13-14H,8H2,(H,22,23). The molecule has 126 valence electrons. The number of nitrogens with zero attached hydrogens (tertiary/aromatic N) is 1. The number of alkyl halides is 3. The van der Waals surface area contributed by atoms with E-state index in [1.165, 1.54) is 24.3 Å². The van der Waals surface area contributed by atoms with E-state index in [2.05, 4.69) is 10.3 Å². The van der Waals surface area contributed by atoms with Crippen LogP contribution >= 0.6 is 0 Å². The smallest absolute Gasteiger partial charge is 0.367 e. The molecular weight excluding hydrogens is 328 g/mol. The SMILES string of the molecule is O=C(NC1COC1c1ccc(F)cn1)c1ccccc1C(F)(F)F. The fourth-order valence-electron chi connectivity index (χ4n) is 2.43. The molecular formula is C16H12F4N2O2. The molecule has 1 aromatic heterocycles. The monoisotopic (exact) mass is 340 g/mol. The number of nitrogens with one attached hydrogen (secondary N) is 1. The van der Waals surface area contributed by atoms with Crippen LogP contribution in [-0.2, 0) is 10.9 Å². The number of aromatic nitrogens is 1. The van der Waals surface area contributed by atoms with Gasteiger partial charge in [0, 0.05) is 0 Å². The molecule has 1 aromatic carbocycles. The van der Waals surface area contributed by atoms with Gasteiger partial charge in [-0.05, 0) is 24.3 Å². The molecule has 24 heavy (non-hydrogen) atoms. The van der Waals surface area contributed by atoms with E-state index in [-0.39, 0.29) is 6.61 Å². The Morgan fingerprint density at radius 2 is 1.96 bits per heavy atom. The summed E-state index contributed by atoms with van der Waals surface area (Å²) < 4.78 is 57.1. The van der Waals surface area contributed by atoms with E-state index >= 15 is 0 Å². The van der Waals surface area contributed by atoms with E-state index in [1.54, 1.807) is 0 Å². The van der Waals surface area contributed by atoms with Gasteiger partial charge in [0.25, 0.3) is 5.91 Å². The number of benzene rings is 1. The van der Waals surface area contributed by atoms with E-state index < -0.39 is 41.2 Å². The van der Waals surface area contributed by atoms with Gasteiger partial charge in [-0.1, -0.05) is 12.1 Å². The second kappa shape index (κ2) is 6.20. The molecule has 1 saturated heterocycles. The first kappa shape index (κ1) is 16.4. The third-order valence-corrected chi connectivity index (χ3v) is 3.66. The average molecular weight is 340 g/mol. The summed E-state index contributed by atoms with van der Waals surface area (Å²) in [6, 6.07) is 6.62. The van der Waals surface area contributed by atoms with E-state index in [0.717, 1.165) is 18.3 Å². The first-order chi connectivity index (χ1) is 11.4. The number of amides is 1. The lowest BCUT2D eigenvalue weighted by Gasteiger charge is -2.36. The van der Waals surface area contributed by atoms with Gasteiger partial charge in [0.2, 0.25) is 0 Å². The summed E-state index contributed by atoms with van der Waals surface area (Å²) in [5.74, 6) is -1.36. The Morgan fingerprint density at radius 3 is 2.54 bits per heavy atom. The fourth-order valence-corrected chi connectivity index (χ4v) is 2.43. The van der Waals surface area contributed by atoms with Gasteiger partial charge < -0.3 is 10.1 Å². The number of hydrogen-bond donors (Lipinski definition) is 1. The molecule has 1 aliphatic heterocycles. The largest absolute Gasteiger partial charge is 0.417 e. The van der Waals surface area contributed by atoms with E-state index in [9.17, 15) is 22.4 Å². The summed E-state index contributed by atoms with van der Waals surface area (Å²) in [7, 11) is 0. The lowest BCUT2D eigenvalue weighted by Crippen LogP contribution is -2.51. The first-order valence-corrected chi connectivity index (χ1v) is 7.06. The highest BCUT2D eigenvalue weighted by molar-refractivity contribution is 5.96. The normalized spacial score (nSPS) is 20.3. The van der Waals surface area contributed by atoms with Crippen molar-refractivity contribution < 1.29 is 27.1 Å². The zero-order chi connectivity index (χ0) is 17.3. The average Bonchev–Trinajstić information content (AvgIpc) is 2.52. The second-order valence-corrected chi connectivity index (χ2v) is 5.28. The Kier molecular flexibility index (Phi) is 4.23. The highest BCUT2D eigenvalue weighted by Crippen LogP contribution is 2.33. The van der Waals surface area contributed by atoms with Gasteiger partial charge >= 0.3 is 6.18 Å². The third kappa shape index (κ3) is 3.23. The first-order valence-electron chi connectivity index (χ1n) is 7.06. The maximum Gasteiger partial charge on any atom is 0.417 e. The van der Waals surface area contributed by atoms with Crippen LogP contribution in [0.25, 0.3) is 0 Å². The zero-order valence-electron chi connectivity index (χ0n) is 12.2. The highest BCUT2D eigenvalue weighted by atomic mass is 19.4. The summed E-state index contributed by atoms with van der Waals surface area (Å²) in [5.41, 5.74) is -1.06. The van der Waals surface area contributed by atoms with Crippen molar-refractivity contribution >= 4 is 5.91 Å². The van der Waals surface area contributed by atoms with Crippen molar-refractivity contribution in [3.05, 3.63) is 65.2 Å². The van der Waals surface area contributed by atoms with Gasteiger partial charge in [-0.3, -0.25) is 9.78 Å². The van der Waals surface area contributed by atoms with E-state index in [0.29, 0.717) is 5.69 Å². The minimum Gasteiger partial charge on any atom is -0.367 e. The molecule has 2 unspecified atom stereocenters. The summed E-state index contributed by atoms with van der Waals surface area (Å²) in [6.45, 7) is 0.143. The summed E-state index contributed by atoms with van der Waals surface area (Å²) in [5, 5.41) is 2.51. The van der Waals surface area contributed by atoms with Crippen LogP contribution in [0, 0.1) is 5.82 Å². The molecule has 1 amide bonds. The summed E-state index contributed by atoms with van der Waals surface area (Å²) in [4.78, 5) is 16.1. The molecule has 4 nitrogen and oxygen atoms in total. The molecule has 3 rings (SSSR count). The van der Waals surface area contributed by atoms with Crippen LogP contribution in [0.4, 0.5) is 17.6 Å². The number of carbonyl (C=O) groups is 1. The Morgan fingerprint density at radius 1 is 1.21 bits per heavy atom. The lowest BCUT2D eigenvalue weighted by molar-refractivity contribution is -0.138. The van der Waals surface area contributed by atoms with Crippen LogP contribution in [0.1, 0.15) is 27.7 Å². The molecule has 1 aliphatic rings. The zero-order valence-corrected chi connectivity index (χ0v) is 12.2. The minimum atomic E-state index is -4.62. The number of halogens is 4. The van der Waals surface area contributed by atoms with Gasteiger partial charge in [0.05, 0.1) is 35.7 Å². The lowest BCUT2D eigenvalue weighted by atomic mass is 10.0. The van der Waals surface area contributed by atoms with Crippen LogP contribution in [0.3, 0.4) is 0 Å². The van der Waals surface area contributed by atoms with Gasteiger partial charge in [0.1, 0.15) is 11.9 Å². The molecule has 8 heteroatoms. The highest BCUT2D eigenvalue weighted by Gasteiger charge is 2.38.